The molecule has 3 aliphatic heterocycles. The van der Waals surface area contributed by atoms with Gasteiger partial charge in [-0.2, -0.15) is 0 Å². The summed E-state index contributed by atoms with van der Waals surface area (Å²) in [6.45, 7) is 0.921. The van der Waals surface area contributed by atoms with Crippen LogP contribution in [0.5, 0.6) is 0 Å². The van der Waals surface area contributed by atoms with Gasteiger partial charge in [-0.15, -0.1) is 0 Å². The van der Waals surface area contributed by atoms with E-state index in [2.05, 4.69) is 16.0 Å². The predicted octanol–water partition coefficient (Wildman–Crippen LogP) is 0.534. The Morgan fingerprint density at radius 1 is 1.25 bits per heavy atom. The maximum atomic E-state index is 13.5. The Hall–Kier alpha value is -2.39. The summed E-state index contributed by atoms with van der Waals surface area (Å²) >= 11 is 0. The number of alkyl halides is 2. The van der Waals surface area contributed by atoms with Crippen LogP contribution in [0.15, 0.2) is 18.2 Å². The number of carbonyl (C=O) groups excluding carboxylic acids is 3. The molecule has 0 radical (unpaired) electrons. The molecular formula is C19H22F2N4O3. The lowest BCUT2D eigenvalue weighted by Crippen LogP contribution is -2.52. The summed E-state index contributed by atoms with van der Waals surface area (Å²) in [5.74, 6) is -3.69. The molecule has 0 bridgehead atoms. The van der Waals surface area contributed by atoms with Crippen molar-refractivity contribution in [1.29, 1.82) is 0 Å². The number of rotatable bonds is 4. The topological polar surface area (TPSA) is 90.5 Å². The van der Waals surface area contributed by atoms with Crippen molar-refractivity contribution in [2.45, 2.75) is 50.4 Å². The number of piperidine rings is 2. The Morgan fingerprint density at radius 3 is 2.82 bits per heavy atom. The number of hydrogen-bond acceptors (Lipinski definition) is 5. The molecular weight excluding hydrogens is 370 g/mol. The minimum Gasteiger partial charge on any atom is -0.322 e. The van der Waals surface area contributed by atoms with E-state index in [1.165, 1.54) is 4.90 Å². The van der Waals surface area contributed by atoms with Crippen LogP contribution >= 0.6 is 0 Å². The summed E-state index contributed by atoms with van der Waals surface area (Å²) in [4.78, 5) is 37.6. The number of fused-ring (bicyclic) bond motifs is 1. The molecule has 3 heterocycles. The van der Waals surface area contributed by atoms with Gasteiger partial charge in [-0.3, -0.25) is 19.7 Å². The van der Waals surface area contributed by atoms with Crippen molar-refractivity contribution >= 4 is 17.7 Å². The summed E-state index contributed by atoms with van der Waals surface area (Å²) in [6.07, 6.45) is 0.334. The molecule has 2 unspecified atom stereocenters. The second-order valence-electron chi connectivity index (χ2n) is 7.66. The first-order valence-electron chi connectivity index (χ1n) is 9.41. The molecule has 0 aliphatic carbocycles. The van der Waals surface area contributed by atoms with Crippen LogP contribution in [0, 0.1) is 0 Å². The average Bonchev–Trinajstić information content (AvgIpc) is 2.95. The zero-order valence-corrected chi connectivity index (χ0v) is 15.3. The van der Waals surface area contributed by atoms with Crippen LogP contribution < -0.4 is 16.0 Å². The highest BCUT2D eigenvalue weighted by molar-refractivity contribution is 6.05. The molecule has 28 heavy (non-hydrogen) atoms. The first kappa shape index (κ1) is 18.9. The van der Waals surface area contributed by atoms with E-state index in [-0.39, 0.29) is 37.2 Å². The molecule has 2 fully saturated rings. The minimum absolute atomic E-state index is 0.202. The number of amides is 3. The molecule has 0 saturated carbocycles. The van der Waals surface area contributed by atoms with Gasteiger partial charge in [0.25, 0.3) is 11.8 Å². The lowest BCUT2D eigenvalue weighted by Gasteiger charge is -2.30. The van der Waals surface area contributed by atoms with Gasteiger partial charge < -0.3 is 15.5 Å². The molecule has 3 aliphatic rings. The van der Waals surface area contributed by atoms with E-state index in [1.807, 2.05) is 6.07 Å². The first-order valence-corrected chi connectivity index (χ1v) is 9.41. The van der Waals surface area contributed by atoms with Crippen LogP contribution in [0.4, 0.5) is 8.78 Å². The molecule has 3 N–H and O–H groups in total. The number of hydrogen-bond donors (Lipinski definition) is 3. The van der Waals surface area contributed by atoms with Gasteiger partial charge in [0.05, 0.1) is 6.54 Å². The van der Waals surface area contributed by atoms with Gasteiger partial charge >= 0.3 is 0 Å². The average molecular weight is 392 g/mol. The first-order chi connectivity index (χ1) is 13.3. The third-order valence-corrected chi connectivity index (χ3v) is 5.50. The van der Waals surface area contributed by atoms with E-state index in [4.69, 9.17) is 0 Å². The number of nitrogens with zero attached hydrogens (tertiary/aromatic N) is 1. The highest BCUT2D eigenvalue weighted by Crippen LogP contribution is 2.28. The fourth-order valence-electron chi connectivity index (χ4n) is 4.08. The Morgan fingerprint density at radius 2 is 2.07 bits per heavy atom. The fraction of sp³-hybridized carbons (Fsp3) is 0.526. The molecule has 4 rings (SSSR count). The summed E-state index contributed by atoms with van der Waals surface area (Å²) in [5, 5.41) is 8.15. The van der Waals surface area contributed by atoms with Crippen LogP contribution in [-0.4, -0.2) is 53.7 Å². The monoisotopic (exact) mass is 392 g/mol. The molecule has 2 saturated heterocycles. The Balaban J connectivity index is 1.41. The normalized spacial score (nSPS) is 26.9. The lowest BCUT2D eigenvalue weighted by atomic mass is 10.0. The van der Waals surface area contributed by atoms with E-state index < -0.39 is 17.9 Å². The van der Waals surface area contributed by atoms with E-state index in [0.29, 0.717) is 31.6 Å². The van der Waals surface area contributed by atoms with E-state index >= 15 is 0 Å². The molecule has 7 nitrogen and oxygen atoms in total. The summed E-state index contributed by atoms with van der Waals surface area (Å²) in [7, 11) is 0. The smallest absolute Gasteiger partial charge is 0.261 e. The minimum atomic E-state index is -2.71. The summed E-state index contributed by atoms with van der Waals surface area (Å²) in [5.41, 5.74) is 2.24. The largest absolute Gasteiger partial charge is 0.322 e. The van der Waals surface area contributed by atoms with Crippen LogP contribution in [0.25, 0.3) is 0 Å². The van der Waals surface area contributed by atoms with Gasteiger partial charge in [0.15, 0.2) is 0 Å². The Labute approximate surface area is 160 Å². The van der Waals surface area contributed by atoms with Crippen LogP contribution in [0.3, 0.4) is 0 Å². The third-order valence-electron chi connectivity index (χ3n) is 5.50. The standard InChI is InChI=1S/C19H22F2N4O3/c20-19(21)6-13(8-22-10-19)23-7-11-1-2-14-12(5-11)9-25(18(14)28)15-3-4-16(26)24-17(15)27/h1-2,5,13,15,22-23H,3-4,6-10H2,(H,24,26,27). The SMILES string of the molecule is O=C1CCC(N2Cc3cc(CNC4CNCC(F)(F)C4)ccc3C2=O)C(=O)N1. The molecule has 9 heteroatoms. The van der Waals surface area contributed by atoms with Crippen molar-refractivity contribution in [3.8, 4) is 0 Å². The molecule has 1 aromatic rings. The quantitative estimate of drug-likeness (QED) is 0.651. The number of carbonyl (C=O) groups is 3. The zero-order valence-electron chi connectivity index (χ0n) is 15.3. The molecule has 3 amide bonds. The van der Waals surface area contributed by atoms with Gasteiger partial charge in [-0.05, 0) is 23.6 Å². The molecule has 0 spiro atoms. The van der Waals surface area contributed by atoms with Gasteiger partial charge in [0.1, 0.15) is 6.04 Å². The van der Waals surface area contributed by atoms with Crippen molar-refractivity contribution in [2.75, 3.05) is 13.1 Å². The van der Waals surface area contributed by atoms with Gasteiger partial charge in [0, 0.05) is 44.1 Å². The number of nitrogens with one attached hydrogen (secondary N) is 3. The zero-order chi connectivity index (χ0) is 19.9. The number of imide groups is 1. The van der Waals surface area contributed by atoms with Crippen molar-refractivity contribution in [1.82, 2.24) is 20.9 Å². The Bertz CT molecular complexity index is 829. The second-order valence-corrected chi connectivity index (χ2v) is 7.66. The number of halogens is 2. The van der Waals surface area contributed by atoms with Gasteiger partial charge in [-0.1, -0.05) is 12.1 Å². The van der Waals surface area contributed by atoms with E-state index in [0.717, 1.165) is 11.1 Å². The van der Waals surface area contributed by atoms with Crippen LogP contribution in [0.1, 0.15) is 40.7 Å². The number of benzene rings is 1. The van der Waals surface area contributed by atoms with Crippen LogP contribution in [0.2, 0.25) is 0 Å². The second kappa shape index (κ2) is 7.21. The van der Waals surface area contributed by atoms with Crippen molar-refractivity contribution < 1.29 is 23.2 Å². The fourth-order valence-corrected chi connectivity index (χ4v) is 4.08. The van der Waals surface area contributed by atoms with Crippen molar-refractivity contribution in [3.05, 3.63) is 34.9 Å². The third kappa shape index (κ3) is 3.77. The Kier molecular flexibility index (Phi) is 4.88. The molecule has 150 valence electrons. The molecule has 2 atom stereocenters. The molecule has 1 aromatic carbocycles. The predicted molar refractivity (Wildman–Crippen MR) is 95.5 cm³/mol. The van der Waals surface area contributed by atoms with Gasteiger partial charge in [-0.25, -0.2) is 8.78 Å². The van der Waals surface area contributed by atoms with Gasteiger partial charge in [0.2, 0.25) is 11.8 Å². The summed E-state index contributed by atoms with van der Waals surface area (Å²) < 4.78 is 27.0. The summed E-state index contributed by atoms with van der Waals surface area (Å²) in [6, 6.07) is 4.43. The van der Waals surface area contributed by atoms with E-state index in [1.54, 1.807) is 12.1 Å². The van der Waals surface area contributed by atoms with E-state index in [9.17, 15) is 23.2 Å². The molecule has 0 aromatic heterocycles. The maximum absolute atomic E-state index is 13.5. The maximum Gasteiger partial charge on any atom is 0.261 e. The highest BCUT2D eigenvalue weighted by atomic mass is 19.3. The van der Waals surface area contributed by atoms with Crippen molar-refractivity contribution in [2.24, 2.45) is 0 Å². The highest BCUT2D eigenvalue weighted by Gasteiger charge is 2.39. The van der Waals surface area contributed by atoms with Crippen molar-refractivity contribution in [3.63, 3.8) is 0 Å². The lowest BCUT2D eigenvalue weighted by molar-refractivity contribution is -0.136. The van der Waals surface area contributed by atoms with Crippen LogP contribution in [-0.2, 0) is 22.7 Å².